The first-order valence-corrected chi connectivity index (χ1v) is 8.36. The molecule has 0 saturated carbocycles. The van der Waals surface area contributed by atoms with Crippen LogP contribution in [0.4, 0.5) is 0 Å². The molecule has 0 spiro atoms. The Kier molecular flexibility index (Phi) is 5.50. The SMILES string of the molecule is CCC(C)(NC(=O)CCc1ccccc1C(=O)O)c1nccs1. The normalized spacial score (nSPS) is 13.3. The van der Waals surface area contributed by atoms with Gasteiger partial charge in [0.1, 0.15) is 5.01 Å². The molecular formula is C17H20N2O3S. The molecule has 5 nitrogen and oxygen atoms in total. The maximum atomic E-state index is 12.3. The molecule has 0 aliphatic heterocycles. The summed E-state index contributed by atoms with van der Waals surface area (Å²) in [6.45, 7) is 3.95. The van der Waals surface area contributed by atoms with E-state index in [9.17, 15) is 14.7 Å². The number of nitrogens with one attached hydrogen (secondary N) is 1. The zero-order chi connectivity index (χ0) is 16.9. The molecule has 0 saturated heterocycles. The van der Waals surface area contributed by atoms with Crippen molar-refractivity contribution in [3.8, 4) is 0 Å². The second kappa shape index (κ2) is 7.37. The van der Waals surface area contributed by atoms with Crippen molar-refractivity contribution in [2.24, 2.45) is 0 Å². The second-order valence-electron chi connectivity index (χ2n) is 5.53. The number of aromatic nitrogens is 1. The Morgan fingerprint density at radius 2 is 2.09 bits per heavy atom. The van der Waals surface area contributed by atoms with Gasteiger partial charge in [-0.1, -0.05) is 25.1 Å². The first-order chi connectivity index (χ1) is 11.0. The van der Waals surface area contributed by atoms with E-state index in [4.69, 9.17) is 0 Å². The van der Waals surface area contributed by atoms with Crippen LogP contribution in [-0.4, -0.2) is 22.0 Å². The van der Waals surface area contributed by atoms with Gasteiger partial charge in [-0.2, -0.15) is 0 Å². The van der Waals surface area contributed by atoms with Gasteiger partial charge >= 0.3 is 5.97 Å². The third-order valence-electron chi connectivity index (χ3n) is 3.90. The molecule has 23 heavy (non-hydrogen) atoms. The average molecular weight is 332 g/mol. The van der Waals surface area contributed by atoms with Gasteiger partial charge < -0.3 is 10.4 Å². The highest BCUT2D eigenvalue weighted by atomic mass is 32.1. The van der Waals surface area contributed by atoms with E-state index in [1.54, 1.807) is 30.5 Å². The fourth-order valence-electron chi connectivity index (χ4n) is 2.35. The van der Waals surface area contributed by atoms with Gasteiger partial charge in [0.25, 0.3) is 0 Å². The minimum atomic E-state index is -0.970. The third-order valence-corrected chi connectivity index (χ3v) is 4.93. The number of carboxylic acid groups (broad SMARTS) is 1. The van der Waals surface area contributed by atoms with Gasteiger partial charge in [0.15, 0.2) is 0 Å². The topological polar surface area (TPSA) is 79.3 Å². The maximum Gasteiger partial charge on any atom is 0.335 e. The van der Waals surface area contributed by atoms with Gasteiger partial charge in [0, 0.05) is 18.0 Å². The van der Waals surface area contributed by atoms with Gasteiger partial charge in [-0.05, 0) is 31.4 Å². The Labute approximate surface area is 139 Å². The lowest BCUT2D eigenvalue weighted by Crippen LogP contribution is -2.43. The molecule has 0 radical (unpaired) electrons. The molecule has 1 aromatic carbocycles. The monoisotopic (exact) mass is 332 g/mol. The first kappa shape index (κ1) is 17.1. The van der Waals surface area contributed by atoms with E-state index >= 15 is 0 Å². The van der Waals surface area contributed by atoms with Crippen LogP contribution in [0.15, 0.2) is 35.8 Å². The van der Waals surface area contributed by atoms with Crippen molar-refractivity contribution < 1.29 is 14.7 Å². The predicted octanol–water partition coefficient (Wildman–Crippen LogP) is 3.22. The van der Waals surface area contributed by atoms with E-state index < -0.39 is 11.5 Å². The van der Waals surface area contributed by atoms with Crippen molar-refractivity contribution in [3.05, 3.63) is 52.0 Å². The summed E-state index contributed by atoms with van der Waals surface area (Å²) in [6.07, 6.45) is 3.10. The first-order valence-electron chi connectivity index (χ1n) is 7.48. The molecule has 1 amide bonds. The van der Waals surface area contributed by atoms with Gasteiger partial charge in [0.05, 0.1) is 11.1 Å². The standard InChI is InChI=1S/C17H20N2O3S/c1-3-17(2,16-18-10-11-23-16)19-14(20)9-8-12-6-4-5-7-13(12)15(21)22/h4-7,10-11H,3,8-9H2,1-2H3,(H,19,20)(H,21,22). The van der Waals surface area contributed by atoms with E-state index in [0.29, 0.717) is 12.0 Å². The number of carbonyl (C=O) groups is 2. The number of rotatable bonds is 7. The molecule has 0 aliphatic carbocycles. The number of aromatic carboxylic acids is 1. The number of aryl methyl sites for hydroxylation is 1. The highest BCUT2D eigenvalue weighted by Crippen LogP contribution is 2.26. The fourth-order valence-corrected chi connectivity index (χ4v) is 3.18. The lowest BCUT2D eigenvalue weighted by molar-refractivity contribution is -0.123. The van der Waals surface area contributed by atoms with Crippen LogP contribution < -0.4 is 5.32 Å². The largest absolute Gasteiger partial charge is 0.478 e. The number of nitrogens with zero attached hydrogens (tertiary/aromatic N) is 1. The quantitative estimate of drug-likeness (QED) is 0.816. The highest BCUT2D eigenvalue weighted by molar-refractivity contribution is 7.09. The molecule has 0 aliphatic rings. The van der Waals surface area contributed by atoms with Gasteiger partial charge in [-0.3, -0.25) is 4.79 Å². The minimum absolute atomic E-state index is 0.107. The van der Waals surface area contributed by atoms with Crippen molar-refractivity contribution in [2.75, 3.05) is 0 Å². The fraction of sp³-hybridized carbons (Fsp3) is 0.353. The Hall–Kier alpha value is -2.21. The number of carboxylic acids is 1. The van der Waals surface area contributed by atoms with Gasteiger partial charge in [-0.15, -0.1) is 11.3 Å². The van der Waals surface area contributed by atoms with E-state index in [1.165, 1.54) is 11.3 Å². The van der Waals surface area contributed by atoms with Crippen molar-refractivity contribution in [1.29, 1.82) is 0 Å². The summed E-state index contributed by atoms with van der Waals surface area (Å²) >= 11 is 1.51. The zero-order valence-electron chi connectivity index (χ0n) is 13.2. The summed E-state index contributed by atoms with van der Waals surface area (Å²) < 4.78 is 0. The van der Waals surface area contributed by atoms with Crippen molar-refractivity contribution in [1.82, 2.24) is 10.3 Å². The number of benzene rings is 1. The predicted molar refractivity (Wildman–Crippen MR) is 89.6 cm³/mol. The van der Waals surface area contributed by atoms with Crippen LogP contribution in [0.1, 0.15) is 47.6 Å². The van der Waals surface area contributed by atoms with E-state index in [1.807, 2.05) is 19.2 Å². The Bertz CT molecular complexity index is 685. The smallest absolute Gasteiger partial charge is 0.335 e. The molecule has 0 bridgehead atoms. The molecule has 0 fully saturated rings. The van der Waals surface area contributed by atoms with Crippen LogP contribution in [0.2, 0.25) is 0 Å². The van der Waals surface area contributed by atoms with Crippen molar-refractivity contribution in [2.45, 2.75) is 38.6 Å². The third kappa shape index (κ3) is 4.16. The van der Waals surface area contributed by atoms with Gasteiger partial charge in [-0.25, -0.2) is 9.78 Å². The van der Waals surface area contributed by atoms with Crippen LogP contribution in [0.5, 0.6) is 0 Å². The lowest BCUT2D eigenvalue weighted by atomic mass is 9.98. The average Bonchev–Trinajstić information content (AvgIpc) is 3.08. The molecule has 1 heterocycles. The van der Waals surface area contributed by atoms with E-state index in [-0.39, 0.29) is 17.9 Å². The highest BCUT2D eigenvalue weighted by Gasteiger charge is 2.29. The number of thiazole rings is 1. The Morgan fingerprint density at radius 3 is 2.70 bits per heavy atom. The van der Waals surface area contributed by atoms with E-state index in [2.05, 4.69) is 10.3 Å². The summed E-state index contributed by atoms with van der Waals surface area (Å²) in [5.74, 6) is -1.08. The van der Waals surface area contributed by atoms with Crippen LogP contribution in [0.25, 0.3) is 0 Å². The number of carbonyl (C=O) groups excluding carboxylic acids is 1. The molecule has 6 heteroatoms. The van der Waals surface area contributed by atoms with Crippen LogP contribution in [0.3, 0.4) is 0 Å². The molecule has 1 aromatic heterocycles. The molecular weight excluding hydrogens is 312 g/mol. The number of hydrogen-bond donors (Lipinski definition) is 2. The summed E-state index contributed by atoms with van der Waals surface area (Å²) in [5, 5.41) is 15.0. The van der Waals surface area contributed by atoms with Crippen LogP contribution in [-0.2, 0) is 16.8 Å². The Morgan fingerprint density at radius 1 is 1.35 bits per heavy atom. The summed E-state index contributed by atoms with van der Waals surface area (Å²) in [4.78, 5) is 27.8. The van der Waals surface area contributed by atoms with Crippen molar-refractivity contribution in [3.63, 3.8) is 0 Å². The zero-order valence-corrected chi connectivity index (χ0v) is 14.0. The molecule has 2 aromatic rings. The van der Waals surface area contributed by atoms with Crippen molar-refractivity contribution >= 4 is 23.2 Å². The summed E-state index contributed by atoms with van der Waals surface area (Å²) in [5.41, 5.74) is 0.429. The lowest BCUT2D eigenvalue weighted by Gasteiger charge is -2.27. The number of amides is 1. The summed E-state index contributed by atoms with van der Waals surface area (Å²) in [7, 11) is 0. The molecule has 1 atom stereocenters. The molecule has 2 N–H and O–H groups in total. The van der Waals surface area contributed by atoms with E-state index in [0.717, 1.165) is 11.4 Å². The maximum absolute atomic E-state index is 12.3. The number of hydrogen-bond acceptors (Lipinski definition) is 4. The minimum Gasteiger partial charge on any atom is -0.478 e. The second-order valence-corrected chi connectivity index (χ2v) is 6.43. The van der Waals surface area contributed by atoms with Crippen LogP contribution in [0, 0.1) is 0 Å². The van der Waals surface area contributed by atoms with Gasteiger partial charge in [0.2, 0.25) is 5.91 Å². The molecule has 1 unspecified atom stereocenters. The molecule has 2 rings (SSSR count). The molecule has 122 valence electrons. The summed E-state index contributed by atoms with van der Waals surface area (Å²) in [6, 6.07) is 6.77. The Balaban J connectivity index is 2.02. The van der Waals surface area contributed by atoms with Crippen LogP contribution >= 0.6 is 11.3 Å².